The zero-order valence-corrected chi connectivity index (χ0v) is 18.5. The first-order valence-electron chi connectivity index (χ1n) is 11.3. The third-order valence-corrected chi connectivity index (χ3v) is 6.62. The summed E-state index contributed by atoms with van der Waals surface area (Å²) in [6.45, 7) is 7.06. The van der Waals surface area contributed by atoms with E-state index in [1.165, 1.54) is 0 Å². The first-order valence-corrected chi connectivity index (χ1v) is 11.3. The van der Waals surface area contributed by atoms with E-state index in [-0.39, 0.29) is 18.4 Å². The highest BCUT2D eigenvalue weighted by atomic mass is 16.5. The highest BCUT2D eigenvalue weighted by Crippen LogP contribution is 2.40. The number of benzene rings is 3. The molecule has 0 saturated heterocycles. The molecule has 1 unspecified atom stereocenters. The molecule has 0 spiro atoms. The van der Waals surface area contributed by atoms with Crippen LogP contribution in [0.1, 0.15) is 34.6 Å². The van der Waals surface area contributed by atoms with Crippen LogP contribution < -0.4 is 4.74 Å². The molecule has 0 fully saturated rings. The van der Waals surface area contributed by atoms with Crippen molar-refractivity contribution in [3.63, 3.8) is 0 Å². The zero-order valence-electron chi connectivity index (χ0n) is 18.5. The van der Waals surface area contributed by atoms with Gasteiger partial charge in [0.1, 0.15) is 12.4 Å². The summed E-state index contributed by atoms with van der Waals surface area (Å²) in [5.41, 5.74) is 3.44. The van der Waals surface area contributed by atoms with Crippen LogP contribution in [0.25, 0.3) is 21.7 Å². The van der Waals surface area contributed by atoms with Crippen LogP contribution in [0.2, 0.25) is 0 Å². The fourth-order valence-electron chi connectivity index (χ4n) is 5.09. The van der Waals surface area contributed by atoms with Gasteiger partial charge in [0.25, 0.3) is 0 Å². The fourth-order valence-corrected chi connectivity index (χ4v) is 5.09. The Hall–Kier alpha value is -3.15. The molecule has 1 aliphatic heterocycles. The van der Waals surface area contributed by atoms with Gasteiger partial charge in [-0.05, 0) is 30.3 Å². The van der Waals surface area contributed by atoms with Gasteiger partial charge in [0.15, 0.2) is 5.78 Å². The lowest BCUT2D eigenvalue weighted by Gasteiger charge is -2.32. The van der Waals surface area contributed by atoms with E-state index < -0.39 is 0 Å². The van der Waals surface area contributed by atoms with Gasteiger partial charge in [-0.25, -0.2) is 0 Å². The summed E-state index contributed by atoms with van der Waals surface area (Å²) in [5.74, 6) is 0.868. The van der Waals surface area contributed by atoms with Crippen LogP contribution in [0.4, 0.5) is 0 Å². The van der Waals surface area contributed by atoms with E-state index >= 15 is 0 Å². The summed E-state index contributed by atoms with van der Waals surface area (Å²) in [6, 6.07) is 20.0. The summed E-state index contributed by atoms with van der Waals surface area (Å²) < 4.78 is 8.42. The van der Waals surface area contributed by atoms with Crippen LogP contribution in [0.3, 0.4) is 0 Å². The van der Waals surface area contributed by atoms with Crippen LogP contribution in [-0.2, 0) is 0 Å². The Morgan fingerprint density at radius 1 is 1.09 bits per heavy atom. The molecule has 0 saturated carbocycles. The second kappa shape index (κ2) is 8.41. The molecule has 5 nitrogen and oxygen atoms in total. The van der Waals surface area contributed by atoms with Crippen LogP contribution in [0.15, 0.2) is 60.7 Å². The molecule has 3 aromatic carbocycles. The third-order valence-electron chi connectivity index (χ3n) is 6.62. The van der Waals surface area contributed by atoms with Gasteiger partial charge in [-0.1, -0.05) is 61.5 Å². The molecule has 0 amide bonds. The van der Waals surface area contributed by atoms with Crippen LogP contribution >= 0.6 is 0 Å². The number of fused-ring (bicyclic) bond motifs is 1. The maximum Gasteiger partial charge on any atom is 0.196 e. The summed E-state index contributed by atoms with van der Waals surface area (Å²) >= 11 is 0. The van der Waals surface area contributed by atoms with Gasteiger partial charge >= 0.3 is 0 Å². The van der Waals surface area contributed by atoms with Gasteiger partial charge in [0, 0.05) is 29.7 Å². The number of rotatable bonds is 7. The van der Waals surface area contributed by atoms with Crippen LogP contribution in [0, 0.1) is 6.92 Å². The molecule has 2 heterocycles. The molecule has 5 rings (SSSR count). The third kappa shape index (κ3) is 3.29. The van der Waals surface area contributed by atoms with Gasteiger partial charge < -0.3 is 14.4 Å². The average Bonchev–Trinajstić information content (AvgIpc) is 3.13. The lowest BCUT2D eigenvalue weighted by atomic mass is 9.95. The number of aromatic nitrogens is 1. The zero-order chi connectivity index (χ0) is 22.2. The van der Waals surface area contributed by atoms with Gasteiger partial charge in [-0.3, -0.25) is 9.69 Å². The number of ether oxygens (including phenoxy) is 1. The second-order valence-electron chi connectivity index (χ2n) is 8.42. The monoisotopic (exact) mass is 428 g/mol. The van der Waals surface area contributed by atoms with Gasteiger partial charge in [-0.15, -0.1) is 0 Å². The van der Waals surface area contributed by atoms with Crippen LogP contribution in [-0.4, -0.2) is 53.2 Å². The maximum absolute atomic E-state index is 13.9. The number of likely N-dealkylation sites (N-methyl/N-ethyl adjacent to an activating group) is 1. The second-order valence-corrected chi connectivity index (χ2v) is 8.42. The van der Waals surface area contributed by atoms with Gasteiger partial charge in [-0.2, -0.15) is 0 Å². The quantitative estimate of drug-likeness (QED) is 0.438. The SMILES string of the molecule is CCN(CCO)CC1COc2cccc3c(C(=O)c4cccc5ccccc45)c(C)n1c23. The molecule has 4 aromatic rings. The maximum atomic E-state index is 13.9. The van der Waals surface area contributed by atoms with Crippen molar-refractivity contribution < 1.29 is 14.6 Å². The molecule has 0 bridgehead atoms. The predicted molar refractivity (Wildman–Crippen MR) is 128 cm³/mol. The Morgan fingerprint density at radius 2 is 1.84 bits per heavy atom. The first kappa shape index (κ1) is 20.7. The highest BCUT2D eigenvalue weighted by molar-refractivity contribution is 6.22. The number of aliphatic hydroxyl groups excluding tert-OH is 1. The predicted octanol–water partition coefficient (Wildman–Crippen LogP) is 4.58. The minimum absolute atomic E-state index is 0.0450. The lowest BCUT2D eigenvalue weighted by Crippen LogP contribution is -2.37. The normalized spacial score (nSPS) is 15.4. The van der Waals surface area contributed by atoms with Crippen molar-refractivity contribution in [1.29, 1.82) is 0 Å². The van der Waals surface area contributed by atoms with Crippen molar-refractivity contribution in [2.24, 2.45) is 0 Å². The summed E-state index contributed by atoms with van der Waals surface area (Å²) in [5, 5.41) is 12.4. The molecule has 5 heteroatoms. The number of para-hydroxylation sites is 1. The average molecular weight is 429 g/mol. The Bertz CT molecular complexity index is 1300. The van der Waals surface area contributed by atoms with Crippen molar-refractivity contribution in [3.8, 4) is 5.75 Å². The Kier molecular flexibility index (Phi) is 5.45. The molecule has 1 aliphatic rings. The van der Waals surface area contributed by atoms with E-state index in [2.05, 4.69) is 16.4 Å². The van der Waals surface area contributed by atoms with Gasteiger partial charge in [0.05, 0.1) is 23.7 Å². The molecular formula is C27H28N2O3. The number of hydrogen-bond donors (Lipinski definition) is 1. The van der Waals surface area contributed by atoms with Crippen LogP contribution in [0.5, 0.6) is 5.75 Å². The first-order chi connectivity index (χ1) is 15.6. The number of carbonyl (C=O) groups excluding carboxylic acids is 1. The molecule has 0 radical (unpaired) electrons. The van der Waals surface area contributed by atoms with E-state index in [0.29, 0.717) is 13.2 Å². The molecule has 32 heavy (non-hydrogen) atoms. The Labute approximate surface area is 187 Å². The fraction of sp³-hybridized carbons (Fsp3) is 0.296. The number of carbonyl (C=O) groups is 1. The largest absolute Gasteiger partial charge is 0.489 e. The molecular weight excluding hydrogens is 400 g/mol. The molecule has 164 valence electrons. The topological polar surface area (TPSA) is 54.7 Å². The van der Waals surface area contributed by atoms with Crippen molar-refractivity contribution in [3.05, 3.63) is 77.5 Å². The number of nitrogens with zero attached hydrogens (tertiary/aromatic N) is 2. The highest BCUT2D eigenvalue weighted by Gasteiger charge is 2.31. The van der Waals surface area contributed by atoms with E-state index in [1.54, 1.807) is 0 Å². The molecule has 1 atom stereocenters. The molecule has 1 aromatic heterocycles. The van der Waals surface area contributed by atoms with E-state index in [9.17, 15) is 9.90 Å². The smallest absolute Gasteiger partial charge is 0.196 e. The van der Waals surface area contributed by atoms with Crippen molar-refractivity contribution in [1.82, 2.24) is 9.47 Å². The molecule has 1 N–H and O–H groups in total. The minimum Gasteiger partial charge on any atom is -0.489 e. The van der Waals surface area contributed by atoms with Crippen molar-refractivity contribution in [2.75, 3.05) is 32.8 Å². The van der Waals surface area contributed by atoms with Crippen molar-refractivity contribution >= 4 is 27.5 Å². The van der Waals surface area contributed by atoms with E-state index in [1.807, 2.05) is 67.6 Å². The molecule has 0 aliphatic carbocycles. The number of hydrogen-bond acceptors (Lipinski definition) is 4. The number of ketones is 1. The standard InChI is InChI=1S/C27H28N2O3/c1-3-28(14-15-30)16-20-17-32-24-13-7-12-23-25(18(2)29(20)26(23)24)27(31)22-11-6-9-19-8-4-5-10-21(19)22/h4-13,20,30H,3,14-17H2,1-2H3. The summed E-state index contributed by atoms with van der Waals surface area (Å²) in [6.07, 6.45) is 0. The number of aliphatic hydroxyl groups is 1. The Morgan fingerprint density at radius 3 is 2.66 bits per heavy atom. The summed E-state index contributed by atoms with van der Waals surface area (Å²) in [4.78, 5) is 16.2. The minimum atomic E-state index is 0.0450. The lowest BCUT2D eigenvalue weighted by molar-refractivity contribution is 0.104. The van der Waals surface area contributed by atoms with E-state index in [0.717, 1.165) is 57.3 Å². The Balaban J connectivity index is 1.67. The van der Waals surface area contributed by atoms with E-state index in [4.69, 9.17) is 4.74 Å². The van der Waals surface area contributed by atoms with Crippen molar-refractivity contribution in [2.45, 2.75) is 19.9 Å². The van der Waals surface area contributed by atoms with Gasteiger partial charge in [0.2, 0.25) is 0 Å². The summed E-state index contributed by atoms with van der Waals surface area (Å²) in [7, 11) is 0.